The normalized spacial score (nSPS) is 13.7. The SMILES string of the molecule is COc1ccccc1N1CCN(CCCCNC(=O)c2cccc3c(=O)c(C)c(-c4ccccc4)oc23)CC1.CS(=O)(=O)O. The number of carbonyl (C=O) groups is 1. The molecule has 0 saturated carbocycles. The molecule has 4 aromatic rings. The number of nitrogens with zero attached hydrogens (tertiary/aromatic N) is 2. The standard InChI is InChI=1S/C32H35N3O4.CH4O3S/c1-23-29(36)25-13-10-14-26(31(25)39-30(23)24-11-4-3-5-12-24)32(37)33-17-8-9-18-34-19-21-35(22-20-34)27-15-6-7-16-28(27)38-2;1-5(2,3)4/h3-7,10-16H,8-9,17-22H2,1-2H3,(H,33,37);1H3,(H,2,3,4). The van der Waals surface area contributed by atoms with Gasteiger partial charge in [0, 0.05) is 43.9 Å². The minimum Gasteiger partial charge on any atom is -0.495 e. The molecule has 2 heterocycles. The van der Waals surface area contributed by atoms with E-state index in [4.69, 9.17) is 13.7 Å². The maximum Gasteiger partial charge on any atom is 0.261 e. The van der Waals surface area contributed by atoms with Crippen LogP contribution in [-0.4, -0.2) is 76.4 Å². The Morgan fingerprint density at radius 1 is 0.955 bits per heavy atom. The lowest BCUT2D eigenvalue weighted by molar-refractivity contribution is 0.0953. The predicted octanol–water partition coefficient (Wildman–Crippen LogP) is 4.61. The van der Waals surface area contributed by atoms with Crippen molar-refractivity contribution in [3.05, 3.63) is 94.1 Å². The highest BCUT2D eigenvalue weighted by atomic mass is 32.2. The molecule has 0 aliphatic carbocycles. The number of para-hydroxylation sites is 3. The molecule has 1 aliphatic rings. The van der Waals surface area contributed by atoms with Crippen molar-refractivity contribution in [2.24, 2.45) is 0 Å². The molecule has 234 valence electrons. The number of piperazine rings is 1. The molecule has 3 aromatic carbocycles. The van der Waals surface area contributed by atoms with Crippen LogP contribution in [0.1, 0.15) is 28.8 Å². The average Bonchev–Trinajstić information content (AvgIpc) is 3.02. The molecule has 0 unspecified atom stereocenters. The molecule has 1 aromatic heterocycles. The first kappa shape index (κ1) is 32.7. The molecular formula is C33H39N3O7S. The van der Waals surface area contributed by atoms with Crippen molar-refractivity contribution in [1.82, 2.24) is 10.2 Å². The van der Waals surface area contributed by atoms with E-state index in [1.807, 2.05) is 48.5 Å². The maximum atomic E-state index is 13.1. The largest absolute Gasteiger partial charge is 0.495 e. The third-order valence-electron chi connectivity index (χ3n) is 7.41. The second-order valence-electron chi connectivity index (χ2n) is 10.6. The van der Waals surface area contributed by atoms with Crippen LogP contribution >= 0.6 is 0 Å². The summed E-state index contributed by atoms with van der Waals surface area (Å²) < 4.78 is 37.6. The first-order valence-electron chi connectivity index (χ1n) is 14.5. The third kappa shape index (κ3) is 8.68. The van der Waals surface area contributed by atoms with Gasteiger partial charge in [-0.1, -0.05) is 48.5 Å². The Morgan fingerprint density at radius 2 is 1.61 bits per heavy atom. The number of fused-ring (bicyclic) bond motifs is 1. The Labute approximate surface area is 258 Å². The summed E-state index contributed by atoms with van der Waals surface area (Å²) in [6, 6.07) is 22.8. The van der Waals surface area contributed by atoms with E-state index in [2.05, 4.69) is 21.2 Å². The zero-order valence-corrected chi connectivity index (χ0v) is 26.1. The van der Waals surface area contributed by atoms with Crippen LogP contribution in [0.2, 0.25) is 0 Å². The first-order chi connectivity index (χ1) is 21.1. The van der Waals surface area contributed by atoms with Gasteiger partial charge in [-0.3, -0.25) is 19.0 Å². The highest BCUT2D eigenvalue weighted by Crippen LogP contribution is 2.29. The Kier molecular flexibility index (Phi) is 11.2. The van der Waals surface area contributed by atoms with Crippen LogP contribution in [0.25, 0.3) is 22.3 Å². The smallest absolute Gasteiger partial charge is 0.261 e. The van der Waals surface area contributed by atoms with Crippen molar-refractivity contribution in [1.29, 1.82) is 0 Å². The molecule has 1 aliphatic heterocycles. The molecule has 10 nitrogen and oxygen atoms in total. The number of ether oxygens (including phenoxy) is 1. The zero-order valence-electron chi connectivity index (χ0n) is 25.3. The van der Waals surface area contributed by atoms with Crippen LogP contribution in [0.15, 0.2) is 82.0 Å². The highest BCUT2D eigenvalue weighted by molar-refractivity contribution is 7.85. The molecule has 0 atom stereocenters. The number of methoxy groups -OCH3 is 1. The van der Waals surface area contributed by atoms with Crippen molar-refractivity contribution >= 4 is 32.7 Å². The van der Waals surface area contributed by atoms with Gasteiger partial charge < -0.3 is 19.4 Å². The monoisotopic (exact) mass is 621 g/mol. The van der Waals surface area contributed by atoms with Crippen LogP contribution < -0.4 is 20.4 Å². The van der Waals surface area contributed by atoms with E-state index >= 15 is 0 Å². The van der Waals surface area contributed by atoms with Crippen LogP contribution in [0, 0.1) is 6.92 Å². The van der Waals surface area contributed by atoms with E-state index < -0.39 is 10.1 Å². The number of hydrogen-bond acceptors (Lipinski definition) is 8. The minimum absolute atomic E-state index is 0.115. The van der Waals surface area contributed by atoms with Crippen LogP contribution in [0.3, 0.4) is 0 Å². The van der Waals surface area contributed by atoms with Gasteiger partial charge in [0.15, 0.2) is 11.0 Å². The summed E-state index contributed by atoms with van der Waals surface area (Å²) in [5.74, 6) is 1.19. The van der Waals surface area contributed by atoms with Gasteiger partial charge in [-0.2, -0.15) is 8.42 Å². The summed E-state index contributed by atoms with van der Waals surface area (Å²) in [5, 5.41) is 3.44. The summed E-state index contributed by atoms with van der Waals surface area (Å²) in [6.45, 7) is 7.27. The number of anilines is 1. The summed E-state index contributed by atoms with van der Waals surface area (Å²) >= 11 is 0. The molecule has 5 rings (SSSR count). The van der Waals surface area contributed by atoms with Crippen molar-refractivity contribution in [3.63, 3.8) is 0 Å². The van der Waals surface area contributed by atoms with Crippen LogP contribution in [0.4, 0.5) is 5.69 Å². The fourth-order valence-electron chi connectivity index (χ4n) is 5.21. The number of nitrogens with one attached hydrogen (secondary N) is 1. The van der Waals surface area contributed by atoms with Gasteiger partial charge in [0.1, 0.15) is 11.5 Å². The maximum absolute atomic E-state index is 13.1. The second kappa shape index (κ2) is 15.0. The van der Waals surface area contributed by atoms with E-state index in [9.17, 15) is 18.0 Å². The minimum atomic E-state index is -3.67. The summed E-state index contributed by atoms with van der Waals surface area (Å²) in [5.41, 5.74) is 3.10. The molecule has 0 bridgehead atoms. The Morgan fingerprint density at radius 3 is 2.30 bits per heavy atom. The van der Waals surface area contributed by atoms with E-state index in [-0.39, 0.29) is 11.3 Å². The number of rotatable bonds is 9. The Balaban J connectivity index is 0.000000818. The van der Waals surface area contributed by atoms with E-state index in [0.717, 1.165) is 62.6 Å². The van der Waals surface area contributed by atoms with E-state index in [1.54, 1.807) is 32.2 Å². The van der Waals surface area contributed by atoms with Gasteiger partial charge in [-0.25, -0.2) is 0 Å². The lowest BCUT2D eigenvalue weighted by Gasteiger charge is -2.36. The van der Waals surface area contributed by atoms with Crippen molar-refractivity contribution < 1.29 is 26.9 Å². The average molecular weight is 622 g/mol. The summed E-state index contributed by atoms with van der Waals surface area (Å²) in [6.07, 6.45) is 2.59. The highest BCUT2D eigenvalue weighted by Gasteiger charge is 2.20. The zero-order chi connectivity index (χ0) is 31.7. The second-order valence-corrected chi connectivity index (χ2v) is 12.1. The number of carbonyl (C=O) groups excluding carboxylic acids is 1. The van der Waals surface area contributed by atoms with Crippen LogP contribution in [-0.2, 0) is 10.1 Å². The Hall–Kier alpha value is -4.19. The topological polar surface area (TPSA) is 129 Å². The molecule has 1 saturated heterocycles. The van der Waals surface area contributed by atoms with Crippen molar-refractivity contribution in [2.45, 2.75) is 19.8 Å². The molecule has 11 heteroatoms. The van der Waals surface area contributed by atoms with Gasteiger partial charge >= 0.3 is 0 Å². The number of unbranched alkanes of at least 4 members (excludes halogenated alkanes) is 1. The molecule has 0 spiro atoms. The fraction of sp³-hybridized carbons (Fsp3) is 0.333. The van der Waals surface area contributed by atoms with E-state index in [0.29, 0.717) is 40.7 Å². The lowest BCUT2D eigenvalue weighted by atomic mass is 10.0. The summed E-state index contributed by atoms with van der Waals surface area (Å²) in [4.78, 5) is 31.0. The van der Waals surface area contributed by atoms with Crippen LogP contribution in [0.5, 0.6) is 5.75 Å². The number of hydrogen-bond donors (Lipinski definition) is 2. The molecule has 1 fully saturated rings. The van der Waals surface area contributed by atoms with Crippen molar-refractivity contribution in [3.8, 4) is 17.1 Å². The Bertz CT molecular complexity index is 1720. The summed E-state index contributed by atoms with van der Waals surface area (Å²) in [7, 11) is -1.95. The molecule has 2 N–H and O–H groups in total. The van der Waals surface area contributed by atoms with Gasteiger partial charge in [-0.05, 0) is 50.6 Å². The molecular weight excluding hydrogens is 582 g/mol. The number of benzene rings is 3. The molecule has 44 heavy (non-hydrogen) atoms. The first-order valence-corrected chi connectivity index (χ1v) is 16.3. The lowest BCUT2D eigenvalue weighted by Crippen LogP contribution is -2.46. The predicted molar refractivity (Wildman–Crippen MR) is 173 cm³/mol. The van der Waals surface area contributed by atoms with Gasteiger partial charge in [0.25, 0.3) is 16.0 Å². The fourth-order valence-corrected chi connectivity index (χ4v) is 5.21. The number of amides is 1. The van der Waals surface area contributed by atoms with Gasteiger partial charge in [0.2, 0.25) is 0 Å². The van der Waals surface area contributed by atoms with Gasteiger partial charge in [-0.15, -0.1) is 0 Å². The van der Waals surface area contributed by atoms with E-state index in [1.165, 1.54) is 0 Å². The van der Waals surface area contributed by atoms with Gasteiger partial charge in [0.05, 0.1) is 30.0 Å². The molecule has 0 radical (unpaired) electrons. The van der Waals surface area contributed by atoms with Crippen molar-refractivity contribution in [2.75, 3.05) is 57.5 Å². The third-order valence-corrected chi connectivity index (χ3v) is 7.41. The quantitative estimate of drug-likeness (QED) is 0.203. The molecule has 1 amide bonds.